The summed E-state index contributed by atoms with van der Waals surface area (Å²) in [5.74, 6) is 0. The van der Waals surface area contributed by atoms with Gasteiger partial charge in [0.05, 0.1) is 0 Å². The molecule has 0 atom stereocenters. The Morgan fingerprint density at radius 2 is 0.500 bits per heavy atom. The standard InChI is InChI=1S/C62H62N2S2/c1-59(2,3)39-13-21-43(22-14-39)63(44-23-15-40(16-24-44)60(4,5)6)47-29-31-51-55(37-47)65-53-35-33-50-49(57(51)53)34-36-54-58(50)52-32-30-48(38-56(52)66-54)64(45-25-17-41(18-26-45)61(7,8)9)46-27-19-42(20-28-46)62(10,11)12/h13-38H,1-12H3. The molecule has 0 aliphatic heterocycles. The Morgan fingerprint density at radius 1 is 0.258 bits per heavy atom. The van der Waals surface area contributed by atoms with Gasteiger partial charge in [0.15, 0.2) is 0 Å². The molecular weight excluding hydrogens is 837 g/mol. The summed E-state index contributed by atoms with van der Waals surface area (Å²) in [6.07, 6.45) is 0. The molecule has 2 aromatic heterocycles. The van der Waals surface area contributed by atoms with E-state index >= 15 is 0 Å². The average Bonchev–Trinajstić information content (AvgIpc) is 3.84. The molecule has 2 nitrogen and oxygen atoms in total. The van der Waals surface area contributed by atoms with Crippen molar-refractivity contribution in [1.82, 2.24) is 0 Å². The minimum absolute atomic E-state index is 0.0836. The molecule has 10 aromatic rings. The van der Waals surface area contributed by atoms with Crippen LogP contribution in [0, 0.1) is 0 Å². The molecule has 0 aliphatic rings. The number of hydrogen-bond donors (Lipinski definition) is 0. The smallest absolute Gasteiger partial charge is 0.0476 e. The summed E-state index contributed by atoms with van der Waals surface area (Å²) in [5, 5.41) is 7.93. The predicted octanol–water partition coefficient (Wildman–Crippen LogP) is 19.7. The van der Waals surface area contributed by atoms with E-state index < -0.39 is 0 Å². The first-order valence-electron chi connectivity index (χ1n) is 23.5. The first-order valence-corrected chi connectivity index (χ1v) is 25.1. The molecular formula is C62H62N2S2. The van der Waals surface area contributed by atoms with Crippen LogP contribution in [0.2, 0.25) is 0 Å². The number of rotatable bonds is 6. The van der Waals surface area contributed by atoms with Crippen molar-refractivity contribution in [1.29, 1.82) is 0 Å². The van der Waals surface area contributed by atoms with Crippen molar-refractivity contribution in [3.8, 4) is 0 Å². The van der Waals surface area contributed by atoms with E-state index in [2.05, 4.69) is 251 Å². The first-order chi connectivity index (χ1) is 31.2. The highest BCUT2D eigenvalue weighted by molar-refractivity contribution is 7.26. The topological polar surface area (TPSA) is 6.48 Å². The van der Waals surface area contributed by atoms with E-state index in [9.17, 15) is 0 Å². The molecule has 0 aliphatic carbocycles. The van der Waals surface area contributed by atoms with Crippen LogP contribution < -0.4 is 9.80 Å². The normalized spacial score (nSPS) is 12.8. The van der Waals surface area contributed by atoms with Gasteiger partial charge in [-0.05, 0) is 140 Å². The van der Waals surface area contributed by atoms with E-state index in [0.29, 0.717) is 0 Å². The summed E-state index contributed by atoms with van der Waals surface area (Å²) in [4.78, 5) is 4.83. The SMILES string of the molecule is CC(C)(C)c1ccc(N(c2ccc(C(C)(C)C)cc2)c2ccc3c(c2)sc2ccc4c(ccc5sc6cc(N(c7ccc(C(C)(C)C)cc7)c7ccc(C(C)(C)C)cc7)ccc6c54)c23)cc1. The molecule has 332 valence electrons. The number of fused-ring (bicyclic) bond motifs is 9. The second-order valence-electron chi connectivity index (χ2n) is 22.4. The molecule has 0 saturated carbocycles. The number of thiophene rings is 2. The number of benzene rings is 8. The fourth-order valence-corrected chi connectivity index (χ4v) is 11.9. The molecule has 0 unspecified atom stereocenters. The zero-order valence-electron chi connectivity index (χ0n) is 40.7. The van der Waals surface area contributed by atoms with Gasteiger partial charge in [-0.25, -0.2) is 0 Å². The van der Waals surface area contributed by atoms with Crippen LogP contribution in [0.3, 0.4) is 0 Å². The van der Waals surface area contributed by atoms with Crippen molar-refractivity contribution < 1.29 is 0 Å². The van der Waals surface area contributed by atoms with Gasteiger partial charge in [-0.15, -0.1) is 22.7 Å². The quantitative estimate of drug-likeness (QED) is 0.164. The second-order valence-corrected chi connectivity index (χ2v) is 24.6. The van der Waals surface area contributed by atoms with Crippen LogP contribution in [0.1, 0.15) is 105 Å². The third-order valence-electron chi connectivity index (χ3n) is 13.5. The van der Waals surface area contributed by atoms with Crippen molar-refractivity contribution in [2.45, 2.75) is 105 Å². The van der Waals surface area contributed by atoms with Gasteiger partial charge >= 0.3 is 0 Å². The highest BCUT2D eigenvalue weighted by atomic mass is 32.1. The van der Waals surface area contributed by atoms with Gasteiger partial charge in [-0.3, -0.25) is 0 Å². The van der Waals surface area contributed by atoms with E-state index in [1.54, 1.807) is 0 Å². The number of anilines is 6. The zero-order chi connectivity index (χ0) is 46.5. The van der Waals surface area contributed by atoms with Gasteiger partial charge < -0.3 is 9.80 Å². The Hall–Kier alpha value is -5.94. The minimum atomic E-state index is 0.0836. The third kappa shape index (κ3) is 7.96. The molecule has 8 aromatic carbocycles. The summed E-state index contributed by atoms with van der Waals surface area (Å²) in [6.45, 7) is 27.4. The maximum Gasteiger partial charge on any atom is 0.0476 e. The van der Waals surface area contributed by atoms with Gasteiger partial charge in [0.2, 0.25) is 0 Å². The third-order valence-corrected chi connectivity index (χ3v) is 15.8. The molecule has 0 N–H and O–H groups in total. The van der Waals surface area contributed by atoms with Crippen LogP contribution in [-0.2, 0) is 21.7 Å². The van der Waals surface area contributed by atoms with Crippen molar-refractivity contribution >= 4 is 108 Å². The first kappa shape index (κ1) is 43.9. The predicted molar refractivity (Wildman–Crippen MR) is 294 cm³/mol. The van der Waals surface area contributed by atoms with E-state index in [1.165, 1.54) is 73.4 Å². The lowest BCUT2D eigenvalue weighted by Crippen LogP contribution is -2.14. The summed E-state index contributed by atoms with van der Waals surface area (Å²) >= 11 is 3.79. The van der Waals surface area contributed by atoms with Crippen molar-refractivity contribution in [3.63, 3.8) is 0 Å². The van der Waals surface area contributed by atoms with Crippen LogP contribution in [0.5, 0.6) is 0 Å². The van der Waals surface area contributed by atoms with E-state index in [-0.39, 0.29) is 21.7 Å². The Labute approximate surface area is 400 Å². The molecule has 0 bridgehead atoms. The lowest BCUT2D eigenvalue weighted by molar-refractivity contribution is 0.590. The van der Waals surface area contributed by atoms with Crippen LogP contribution in [0.4, 0.5) is 34.1 Å². The molecule has 10 rings (SSSR count). The molecule has 66 heavy (non-hydrogen) atoms. The molecule has 2 heterocycles. The van der Waals surface area contributed by atoms with Gasteiger partial charge in [0.25, 0.3) is 0 Å². The monoisotopic (exact) mass is 898 g/mol. The van der Waals surface area contributed by atoms with E-state index in [1.807, 2.05) is 22.7 Å². The largest absolute Gasteiger partial charge is 0.310 e. The van der Waals surface area contributed by atoms with Crippen LogP contribution in [0.25, 0.3) is 51.1 Å². The van der Waals surface area contributed by atoms with Crippen molar-refractivity contribution in [2.24, 2.45) is 0 Å². The maximum atomic E-state index is 2.42. The van der Waals surface area contributed by atoms with Crippen molar-refractivity contribution in [2.75, 3.05) is 9.80 Å². The number of hydrogen-bond acceptors (Lipinski definition) is 4. The highest BCUT2D eigenvalue weighted by Gasteiger charge is 2.23. The molecule has 0 spiro atoms. The van der Waals surface area contributed by atoms with E-state index in [4.69, 9.17) is 0 Å². The highest BCUT2D eigenvalue weighted by Crippen LogP contribution is 2.48. The Bertz CT molecular complexity index is 3070. The minimum Gasteiger partial charge on any atom is -0.310 e. The summed E-state index contributed by atoms with van der Waals surface area (Å²) in [7, 11) is 0. The Kier molecular flexibility index (Phi) is 10.6. The molecule has 0 saturated heterocycles. The lowest BCUT2D eigenvalue weighted by atomic mass is 9.86. The second kappa shape index (κ2) is 15.9. The van der Waals surface area contributed by atoms with Crippen molar-refractivity contribution in [3.05, 3.63) is 180 Å². The van der Waals surface area contributed by atoms with Gasteiger partial charge in [-0.1, -0.05) is 156 Å². The van der Waals surface area contributed by atoms with Crippen LogP contribution >= 0.6 is 22.7 Å². The maximum absolute atomic E-state index is 2.42. The average molecular weight is 899 g/mol. The molecule has 0 radical (unpaired) electrons. The number of nitrogens with zero attached hydrogens (tertiary/aromatic N) is 2. The summed E-state index contributed by atoms with van der Waals surface area (Å²) in [6, 6.07) is 60.2. The lowest BCUT2D eigenvalue weighted by Gasteiger charge is -2.28. The van der Waals surface area contributed by atoms with Gasteiger partial charge in [-0.2, -0.15) is 0 Å². The van der Waals surface area contributed by atoms with E-state index in [0.717, 1.165) is 34.1 Å². The molecule has 0 fully saturated rings. The summed E-state index contributed by atoms with van der Waals surface area (Å²) in [5.41, 5.74) is 12.6. The Morgan fingerprint density at radius 3 is 0.758 bits per heavy atom. The fraction of sp³-hybridized carbons (Fsp3) is 0.258. The van der Waals surface area contributed by atoms with Crippen LogP contribution in [-0.4, -0.2) is 0 Å². The molecule has 0 amide bonds. The Balaban J connectivity index is 1.08. The molecule has 4 heteroatoms. The summed E-state index contributed by atoms with van der Waals surface area (Å²) < 4.78 is 5.22. The van der Waals surface area contributed by atoms with Gasteiger partial charge in [0, 0.05) is 74.5 Å². The van der Waals surface area contributed by atoms with Gasteiger partial charge in [0.1, 0.15) is 0 Å². The van der Waals surface area contributed by atoms with Crippen LogP contribution in [0.15, 0.2) is 158 Å². The zero-order valence-corrected chi connectivity index (χ0v) is 42.4. The fourth-order valence-electron chi connectivity index (χ4n) is 9.55.